The number of ether oxygens (including phenoxy) is 2. The fraction of sp³-hybridized carbons (Fsp3) is 0.333. The lowest BCUT2D eigenvalue weighted by Crippen LogP contribution is -2.53. The molecular formula is C24H22F4N2O4. The molecule has 10 heteroatoms. The first-order valence-corrected chi connectivity index (χ1v) is 10.6. The van der Waals surface area contributed by atoms with Crippen LogP contribution in [0.4, 0.5) is 17.6 Å². The number of hydrogen-bond acceptors (Lipinski definition) is 4. The summed E-state index contributed by atoms with van der Waals surface area (Å²) >= 11 is 0. The number of nitrogens with zero attached hydrogens (tertiary/aromatic N) is 1. The summed E-state index contributed by atoms with van der Waals surface area (Å²) in [6, 6.07) is 10.9. The summed E-state index contributed by atoms with van der Waals surface area (Å²) in [4.78, 5) is 24.7. The van der Waals surface area contributed by atoms with Gasteiger partial charge in [-0.3, -0.25) is 9.59 Å². The van der Waals surface area contributed by atoms with Gasteiger partial charge in [-0.05, 0) is 36.5 Å². The Hall–Kier alpha value is -3.40. The van der Waals surface area contributed by atoms with E-state index in [0.717, 1.165) is 24.0 Å². The molecule has 2 N–H and O–H groups in total. The quantitative estimate of drug-likeness (QED) is 0.608. The van der Waals surface area contributed by atoms with Crippen molar-refractivity contribution in [3.63, 3.8) is 0 Å². The topological polar surface area (TPSA) is 81.9 Å². The van der Waals surface area contributed by atoms with E-state index < -0.39 is 29.8 Å². The summed E-state index contributed by atoms with van der Waals surface area (Å²) in [5, 5.41) is 0. The van der Waals surface area contributed by atoms with Crippen molar-refractivity contribution in [2.24, 2.45) is 11.7 Å². The molecule has 4 rings (SSSR count). The molecule has 0 atom stereocenters. The summed E-state index contributed by atoms with van der Waals surface area (Å²) < 4.78 is 65.3. The van der Waals surface area contributed by atoms with Crippen LogP contribution in [-0.4, -0.2) is 35.5 Å². The lowest BCUT2D eigenvalue weighted by molar-refractivity contribution is -0.188. The molecule has 1 heterocycles. The largest absolute Gasteiger partial charge is 0.471 e. The van der Waals surface area contributed by atoms with Gasteiger partial charge in [0.05, 0.1) is 12.3 Å². The van der Waals surface area contributed by atoms with Crippen LogP contribution in [0.1, 0.15) is 34.3 Å². The first-order valence-electron chi connectivity index (χ1n) is 10.6. The van der Waals surface area contributed by atoms with Gasteiger partial charge in [-0.25, -0.2) is 4.39 Å². The number of alkyl halides is 3. The van der Waals surface area contributed by atoms with E-state index in [4.69, 9.17) is 15.2 Å². The standard InChI is InChI=1S/C24H22F4N2O4/c25-20-7-6-18(22(29)31)19-10-17(13-34-21(19)20)30(23(32)24(26,27)28)16-8-15(9-16)12-33-11-14-4-2-1-3-5-14/h1-7,13,15-16H,8-12H2,(H2,29,31). The summed E-state index contributed by atoms with van der Waals surface area (Å²) in [5.41, 5.74) is 6.12. The van der Waals surface area contributed by atoms with Crippen LogP contribution in [0.3, 0.4) is 0 Å². The zero-order valence-corrected chi connectivity index (χ0v) is 18.0. The molecule has 1 fully saturated rings. The van der Waals surface area contributed by atoms with Crippen molar-refractivity contribution in [3.8, 4) is 5.75 Å². The molecule has 0 unspecified atom stereocenters. The number of fused-ring (bicyclic) bond motifs is 1. The van der Waals surface area contributed by atoms with Gasteiger partial charge in [0.2, 0.25) is 5.91 Å². The van der Waals surface area contributed by atoms with Gasteiger partial charge < -0.3 is 20.1 Å². The van der Waals surface area contributed by atoms with E-state index in [1.807, 2.05) is 30.3 Å². The smallest absolute Gasteiger partial charge is 0.460 e. The molecule has 34 heavy (non-hydrogen) atoms. The van der Waals surface area contributed by atoms with Crippen LogP contribution in [0.5, 0.6) is 5.75 Å². The number of rotatable bonds is 7. The number of halogens is 4. The second-order valence-electron chi connectivity index (χ2n) is 8.34. The molecule has 0 radical (unpaired) electrons. The molecule has 2 aromatic rings. The maximum atomic E-state index is 14.1. The van der Waals surface area contributed by atoms with E-state index in [9.17, 15) is 27.2 Å². The van der Waals surface area contributed by atoms with Crippen molar-refractivity contribution >= 4 is 11.8 Å². The minimum atomic E-state index is -5.12. The Labute approximate surface area is 192 Å². The normalized spacial score (nSPS) is 19.4. The SMILES string of the molecule is NC(=O)c1ccc(F)c2c1CC(N(C(=O)C(F)(F)F)C1CC(COCc3ccccc3)C1)=CO2. The minimum absolute atomic E-state index is 0.00652. The molecule has 6 nitrogen and oxygen atoms in total. The van der Waals surface area contributed by atoms with E-state index in [-0.39, 0.29) is 34.9 Å². The Balaban J connectivity index is 1.47. The van der Waals surface area contributed by atoms with Crippen molar-refractivity contribution in [1.29, 1.82) is 0 Å². The lowest BCUT2D eigenvalue weighted by atomic mass is 9.79. The molecule has 2 aromatic carbocycles. The van der Waals surface area contributed by atoms with Crippen LogP contribution in [0.2, 0.25) is 0 Å². The van der Waals surface area contributed by atoms with Crippen LogP contribution in [0.25, 0.3) is 0 Å². The Bertz CT molecular complexity index is 1110. The monoisotopic (exact) mass is 478 g/mol. The third-order valence-electron chi connectivity index (χ3n) is 5.96. The molecule has 0 spiro atoms. The highest BCUT2D eigenvalue weighted by atomic mass is 19.4. The molecule has 2 amide bonds. The van der Waals surface area contributed by atoms with Gasteiger partial charge in [0.1, 0.15) is 6.26 Å². The number of amides is 2. The summed E-state index contributed by atoms with van der Waals surface area (Å²) in [7, 11) is 0. The van der Waals surface area contributed by atoms with Crippen molar-refractivity contribution in [2.75, 3.05) is 6.61 Å². The van der Waals surface area contributed by atoms with Gasteiger partial charge in [-0.2, -0.15) is 13.2 Å². The van der Waals surface area contributed by atoms with Gasteiger partial charge in [0, 0.05) is 30.2 Å². The van der Waals surface area contributed by atoms with Crippen LogP contribution in [0.15, 0.2) is 54.4 Å². The molecule has 2 aliphatic rings. The van der Waals surface area contributed by atoms with Crippen LogP contribution < -0.4 is 10.5 Å². The highest BCUT2D eigenvalue weighted by Crippen LogP contribution is 2.40. The van der Waals surface area contributed by atoms with Crippen LogP contribution in [0, 0.1) is 11.7 Å². The third-order valence-corrected chi connectivity index (χ3v) is 5.96. The first-order chi connectivity index (χ1) is 16.1. The van der Waals surface area contributed by atoms with Crippen LogP contribution in [-0.2, 0) is 22.6 Å². The van der Waals surface area contributed by atoms with Gasteiger partial charge in [-0.1, -0.05) is 30.3 Å². The predicted molar refractivity (Wildman–Crippen MR) is 113 cm³/mol. The van der Waals surface area contributed by atoms with Crippen LogP contribution >= 0.6 is 0 Å². The van der Waals surface area contributed by atoms with Crippen molar-refractivity contribution in [3.05, 3.63) is 76.9 Å². The first kappa shape index (κ1) is 23.7. The molecule has 0 aromatic heterocycles. The average Bonchev–Trinajstić information content (AvgIpc) is 2.77. The molecule has 0 saturated heterocycles. The second kappa shape index (κ2) is 9.46. The van der Waals surface area contributed by atoms with Gasteiger partial charge in [0.15, 0.2) is 11.6 Å². The number of benzene rings is 2. The van der Waals surface area contributed by atoms with Crippen molar-refractivity contribution < 1.29 is 36.6 Å². The summed E-state index contributed by atoms with van der Waals surface area (Å²) in [6.07, 6.45) is -3.90. The summed E-state index contributed by atoms with van der Waals surface area (Å²) in [6.45, 7) is 0.722. The van der Waals surface area contributed by atoms with Gasteiger partial charge >= 0.3 is 12.1 Å². The molecule has 0 bridgehead atoms. The number of primary amides is 1. The molecule has 180 valence electrons. The minimum Gasteiger partial charge on any atom is -0.460 e. The Morgan fingerprint density at radius 2 is 1.82 bits per heavy atom. The fourth-order valence-corrected chi connectivity index (χ4v) is 4.26. The Morgan fingerprint density at radius 3 is 2.47 bits per heavy atom. The lowest BCUT2D eigenvalue weighted by Gasteiger charge is -2.44. The van der Waals surface area contributed by atoms with E-state index >= 15 is 0 Å². The molecule has 1 aliphatic heterocycles. The van der Waals surface area contributed by atoms with E-state index in [1.165, 1.54) is 0 Å². The zero-order chi connectivity index (χ0) is 24.5. The molecule has 1 aliphatic carbocycles. The van der Waals surface area contributed by atoms with E-state index in [2.05, 4.69) is 0 Å². The maximum absolute atomic E-state index is 14.1. The summed E-state index contributed by atoms with van der Waals surface area (Å²) in [5.74, 6) is -4.03. The van der Waals surface area contributed by atoms with Gasteiger partial charge in [0.25, 0.3) is 0 Å². The van der Waals surface area contributed by atoms with Gasteiger partial charge in [-0.15, -0.1) is 0 Å². The number of hydrogen-bond donors (Lipinski definition) is 1. The Kier molecular flexibility index (Phi) is 6.60. The maximum Gasteiger partial charge on any atom is 0.471 e. The predicted octanol–water partition coefficient (Wildman–Crippen LogP) is 4.09. The highest BCUT2D eigenvalue weighted by Gasteiger charge is 2.49. The van der Waals surface area contributed by atoms with Crippen molar-refractivity contribution in [1.82, 2.24) is 4.90 Å². The Morgan fingerprint density at radius 1 is 1.12 bits per heavy atom. The van der Waals surface area contributed by atoms with E-state index in [0.29, 0.717) is 31.0 Å². The number of nitrogens with two attached hydrogens (primary N) is 1. The average molecular weight is 478 g/mol. The molecular weight excluding hydrogens is 456 g/mol. The molecule has 1 saturated carbocycles. The number of allylic oxidation sites excluding steroid dienone is 1. The third kappa shape index (κ3) is 4.91. The zero-order valence-electron chi connectivity index (χ0n) is 18.0. The number of carbonyl (C=O) groups is 2. The van der Waals surface area contributed by atoms with E-state index in [1.54, 1.807) is 0 Å². The highest BCUT2D eigenvalue weighted by molar-refractivity contribution is 5.95. The fourth-order valence-electron chi connectivity index (χ4n) is 4.26. The second-order valence-corrected chi connectivity index (χ2v) is 8.34. The number of carbonyl (C=O) groups excluding carboxylic acids is 2. The van der Waals surface area contributed by atoms with Crippen molar-refractivity contribution in [2.45, 2.75) is 38.1 Å².